The Morgan fingerprint density at radius 1 is 0.448 bits per heavy atom. The molecule has 0 N–H and O–H groups in total. The smallest absolute Gasteiger partial charge is 0.238 e. The summed E-state index contributed by atoms with van der Waals surface area (Å²) in [5.41, 5.74) is 13.8. The first-order valence-electron chi connectivity index (χ1n) is 19.6. The van der Waals surface area contributed by atoms with Crippen molar-refractivity contribution in [2.45, 2.75) is 0 Å². The molecule has 5 nitrogen and oxygen atoms in total. The quantitative estimate of drug-likeness (QED) is 0.176. The van der Waals surface area contributed by atoms with Crippen molar-refractivity contribution in [1.29, 1.82) is 0 Å². The maximum absolute atomic E-state index is 6.63. The third-order valence-corrected chi connectivity index (χ3v) is 13.4. The zero-order valence-corrected chi connectivity index (χ0v) is 31.6. The molecule has 0 bridgehead atoms. The molecule has 14 rings (SSSR count). The Balaban J connectivity index is 1.15. The van der Waals surface area contributed by atoms with Crippen LogP contribution in [0.15, 0.2) is 174 Å². The standard InChI is InChI=1S/C52H28N4OS/c1-2-17-35-30(13-1)31-14-3-8-20-39(31)55-40-21-9-4-15-32(40)38-28-42-46(47(35)50(38)55)36-18-5-10-22-41(36)56(42)52-53-49(48-37-19-6-11-23-43(37)57-51(48)54-52)29-25-26-34-33-16-7-12-24-44(33)58-45(34)27-29/h1-28H. The number of aromatic nitrogens is 4. The molecule has 8 aromatic carbocycles. The highest BCUT2D eigenvalue weighted by molar-refractivity contribution is 7.25. The lowest BCUT2D eigenvalue weighted by Gasteiger charge is -2.12. The highest BCUT2D eigenvalue weighted by Gasteiger charge is 2.30. The van der Waals surface area contributed by atoms with E-state index in [-0.39, 0.29) is 0 Å². The minimum Gasteiger partial charge on any atom is -0.437 e. The van der Waals surface area contributed by atoms with Gasteiger partial charge in [0.05, 0.1) is 38.8 Å². The summed E-state index contributed by atoms with van der Waals surface area (Å²) in [6, 6.07) is 61.2. The molecule has 58 heavy (non-hydrogen) atoms. The number of fused-ring (bicyclic) bond motifs is 18. The molecule has 0 amide bonds. The number of rotatable bonds is 2. The minimum atomic E-state index is 0.570. The summed E-state index contributed by atoms with van der Waals surface area (Å²) < 4.78 is 13.9. The van der Waals surface area contributed by atoms with Crippen LogP contribution in [0.25, 0.3) is 131 Å². The molecule has 5 aromatic heterocycles. The summed E-state index contributed by atoms with van der Waals surface area (Å²) in [5.74, 6) is 0.574. The number of nitrogens with zero attached hydrogens (tertiary/aromatic N) is 4. The number of thiophene rings is 1. The molecule has 0 spiro atoms. The Hall–Kier alpha value is -7.54. The van der Waals surface area contributed by atoms with Crippen LogP contribution in [0.3, 0.4) is 0 Å². The van der Waals surface area contributed by atoms with Crippen LogP contribution in [0.1, 0.15) is 0 Å². The van der Waals surface area contributed by atoms with E-state index in [0.29, 0.717) is 11.7 Å². The van der Waals surface area contributed by atoms with E-state index in [1.165, 1.54) is 75.3 Å². The molecular formula is C52H28N4OS. The second-order valence-electron chi connectivity index (χ2n) is 15.3. The maximum atomic E-state index is 6.63. The topological polar surface area (TPSA) is 48.8 Å². The van der Waals surface area contributed by atoms with Gasteiger partial charge in [0.15, 0.2) is 0 Å². The number of furan rings is 1. The maximum Gasteiger partial charge on any atom is 0.238 e. The molecule has 0 saturated heterocycles. The zero-order valence-electron chi connectivity index (χ0n) is 30.8. The van der Waals surface area contributed by atoms with Gasteiger partial charge in [-0.3, -0.25) is 4.57 Å². The lowest BCUT2D eigenvalue weighted by molar-refractivity contribution is 0.651. The normalized spacial score (nSPS) is 12.5. The molecule has 0 unspecified atom stereocenters. The van der Waals surface area contributed by atoms with Crippen LogP contribution in [-0.4, -0.2) is 19.1 Å². The summed E-state index contributed by atoms with van der Waals surface area (Å²) >= 11 is 1.82. The van der Waals surface area contributed by atoms with E-state index in [2.05, 4.69) is 167 Å². The van der Waals surface area contributed by atoms with Crippen LogP contribution in [0.5, 0.6) is 0 Å². The van der Waals surface area contributed by atoms with Gasteiger partial charge in [-0.05, 0) is 53.6 Å². The van der Waals surface area contributed by atoms with Crippen molar-refractivity contribution in [3.05, 3.63) is 170 Å². The van der Waals surface area contributed by atoms with Crippen molar-refractivity contribution in [2.75, 3.05) is 0 Å². The largest absolute Gasteiger partial charge is 0.437 e. The zero-order chi connectivity index (χ0) is 37.6. The predicted molar refractivity (Wildman–Crippen MR) is 241 cm³/mol. The summed E-state index contributed by atoms with van der Waals surface area (Å²) in [6.07, 6.45) is 0. The second kappa shape index (κ2) is 11.1. The van der Waals surface area contributed by atoms with Gasteiger partial charge in [-0.2, -0.15) is 4.98 Å². The highest BCUT2D eigenvalue weighted by Crippen LogP contribution is 2.52. The molecule has 6 heterocycles. The van der Waals surface area contributed by atoms with E-state index >= 15 is 0 Å². The molecule has 0 fully saturated rings. The van der Waals surface area contributed by atoms with Crippen molar-refractivity contribution in [1.82, 2.24) is 19.1 Å². The molecule has 6 heteroatoms. The van der Waals surface area contributed by atoms with Crippen molar-refractivity contribution < 1.29 is 4.42 Å². The molecule has 0 radical (unpaired) electrons. The van der Waals surface area contributed by atoms with Crippen LogP contribution >= 0.6 is 11.3 Å². The van der Waals surface area contributed by atoms with Crippen molar-refractivity contribution in [3.63, 3.8) is 0 Å². The van der Waals surface area contributed by atoms with Crippen LogP contribution in [0.2, 0.25) is 0 Å². The molecule has 0 atom stereocenters. The van der Waals surface area contributed by atoms with E-state index in [4.69, 9.17) is 14.4 Å². The van der Waals surface area contributed by atoms with E-state index in [1.807, 2.05) is 23.5 Å². The first kappa shape index (κ1) is 30.7. The number of benzene rings is 8. The Kier molecular flexibility index (Phi) is 5.85. The third kappa shape index (κ3) is 3.89. The Morgan fingerprint density at radius 3 is 2.00 bits per heavy atom. The van der Waals surface area contributed by atoms with E-state index in [9.17, 15) is 0 Å². The first-order chi connectivity index (χ1) is 28.8. The van der Waals surface area contributed by atoms with Gasteiger partial charge in [0, 0.05) is 63.8 Å². The monoisotopic (exact) mass is 756 g/mol. The first-order valence-corrected chi connectivity index (χ1v) is 20.4. The highest BCUT2D eigenvalue weighted by atomic mass is 32.1. The van der Waals surface area contributed by atoms with Gasteiger partial charge in [-0.25, -0.2) is 4.98 Å². The van der Waals surface area contributed by atoms with Crippen LogP contribution in [-0.2, 0) is 0 Å². The van der Waals surface area contributed by atoms with Crippen LogP contribution < -0.4 is 0 Å². The lowest BCUT2D eigenvalue weighted by atomic mass is 9.91. The van der Waals surface area contributed by atoms with Crippen molar-refractivity contribution in [2.24, 2.45) is 0 Å². The van der Waals surface area contributed by atoms with E-state index < -0.39 is 0 Å². The van der Waals surface area contributed by atoms with E-state index in [0.717, 1.165) is 44.0 Å². The van der Waals surface area contributed by atoms with Gasteiger partial charge in [-0.1, -0.05) is 127 Å². The van der Waals surface area contributed by atoms with Crippen molar-refractivity contribution >= 4 is 97.2 Å². The SMILES string of the molecule is c1ccc2c(c1)-c1ccccc1-n1c3ccccc3c3cc4c(c-2c31)c1ccccc1n4-c1nc(-c2ccc3c(c2)sc2ccccc23)c2c(n1)oc1ccccc12. The number of para-hydroxylation sites is 4. The Bertz CT molecular complexity index is 3940. The second-order valence-corrected chi connectivity index (χ2v) is 16.4. The molecule has 0 saturated carbocycles. The summed E-state index contributed by atoms with van der Waals surface area (Å²) in [6.45, 7) is 0. The fourth-order valence-electron chi connectivity index (χ4n) is 9.93. The third-order valence-electron chi connectivity index (χ3n) is 12.3. The molecule has 13 aromatic rings. The van der Waals surface area contributed by atoms with Crippen molar-refractivity contribution in [3.8, 4) is 45.1 Å². The average molecular weight is 757 g/mol. The van der Waals surface area contributed by atoms with Gasteiger partial charge in [0.2, 0.25) is 11.7 Å². The molecular weight excluding hydrogens is 729 g/mol. The Morgan fingerprint density at radius 2 is 1.12 bits per heavy atom. The van der Waals surface area contributed by atoms with Gasteiger partial charge in [-0.15, -0.1) is 11.3 Å². The van der Waals surface area contributed by atoms with E-state index in [1.54, 1.807) is 0 Å². The molecule has 268 valence electrons. The summed E-state index contributed by atoms with van der Waals surface area (Å²) in [4.78, 5) is 10.9. The minimum absolute atomic E-state index is 0.570. The van der Waals surface area contributed by atoms with Gasteiger partial charge < -0.3 is 8.98 Å². The van der Waals surface area contributed by atoms with Gasteiger partial charge in [0.25, 0.3) is 0 Å². The Labute approximate surface area is 334 Å². The van der Waals surface area contributed by atoms with Crippen LogP contribution in [0, 0.1) is 0 Å². The number of hydrogen-bond donors (Lipinski definition) is 0. The molecule has 1 aliphatic rings. The average Bonchev–Trinajstić information content (AvgIpc) is 4.01. The summed E-state index contributed by atoms with van der Waals surface area (Å²) in [7, 11) is 0. The summed E-state index contributed by atoms with van der Waals surface area (Å²) in [5, 5.41) is 9.17. The fraction of sp³-hybridized carbons (Fsp3) is 0. The van der Waals surface area contributed by atoms with Gasteiger partial charge in [0.1, 0.15) is 5.58 Å². The lowest BCUT2D eigenvalue weighted by Crippen LogP contribution is -2.03. The van der Waals surface area contributed by atoms with Gasteiger partial charge >= 0.3 is 0 Å². The fourth-order valence-corrected chi connectivity index (χ4v) is 11.1. The molecule has 0 aliphatic carbocycles. The molecule has 1 aliphatic heterocycles. The number of hydrogen-bond acceptors (Lipinski definition) is 4. The van der Waals surface area contributed by atoms with Crippen LogP contribution in [0.4, 0.5) is 0 Å². The predicted octanol–water partition coefficient (Wildman–Crippen LogP) is 14.3.